The van der Waals surface area contributed by atoms with Crippen molar-refractivity contribution in [1.82, 2.24) is 0 Å². The van der Waals surface area contributed by atoms with Crippen LogP contribution in [0.15, 0.2) is 18.2 Å². The minimum Gasteiger partial charge on any atom is -0.206 e. The largest absolute Gasteiger partial charge is 0.206 e. The average molecular weight is 146 g/mol. The van der Waals surface area contributed by atoms with E-state index in [2.05, 4.69) is 0 Å². The zero-order chi connectivity index (χ0) is 6.85. The molecule has 0 spiro atoms. The summed E-state index contributed by atoms with van der Waals surface area (Å²) in [5.41, 5.74) is 0. The Labute approximate surface area is 54.1 Å². The Morgan fingerprint density at radius 3 is 1.89 bits per heavy atom. The quantitative estimate of drug-likeness (QED) is 0.486. The molecule has 0 saturated carbocycles. The molecular weight excluding hydrogens is 141 g/mol. The SMILES string of the molecule is Fc1cccc(F)c1P. The molecule has 48 valence electrons. The van der Waals surface area contributed by atoms with Gasteiger partial charge in [-0.25, -0.2) is 8.78 Å². The van der Waals surface area contributed by atoms with Crippen LogP contribution >= 0.6 is 9.24 Å². The third-order valence-electron chi connectivity index (χ3n) is 1.000. The zero-order valence-electron chi connectivity index (χ0n) is 4.57. The van der Waals surface area contributed by atoms with Crippen molar-refractivity contribution in [1.29, 1.82) is 0 Å². The summed E-state index contributed by atoms with van der Waals surface area (Å²) in [6.07, 6.45) is 0. The normalized spacial score (nSPS) is 9.67. The number of hydrogen-bond donors (Lipinski definition) is 0. The van der Waals surface area contributed by atoms with Crippen LogP contribution in [0.2, 0.25) is 0 Å². The highest BCUT2D eigenvalue weighted by atomic mass is 31.0. The minimum absolute atomic E-state index is 0.00231. The molecular formula is C6H5F2P. The molecule has 0 bridgehead atoms. The summed E-state index contributed by atoms with van der Waals surface area (Å²) in [5, 5.41) is -0.00231. The number of benzene rings is 1. The third kappa shape index (κ3) is 1.25. The van der Waals surface area contributed by atoms with Crippen LogP contribution in [-0.2, 0) is 0 Å². The van der Waals surface area contributed by atoms with Crippen LogP contribution in [0.3, 0.4) is 0 Å². The Balaban J connectivity index is 3.25. The van der Waals surface area contributed by atoms with Crippen LogP contribution in [-0.4, -0.2) is 0 Å². The summed E-state index contributed by atoms with van der Waals surface area (Å²) in [4.78, 5) is 0. The molecule has 1 rings (SSSR count). The fourth-order valence-electron chi connectivity index (χ4n) is 0.511. The molecule has 0 fully saturated rings. The summed E-state index contributed by atoms with van der Waals surface area (Å²) < 4.78 is 24.6. The monoisotopic (exact) mass is 146 g/mol. The molecule has 0 radical (unpaired) electrons. The van der Waals surface area contributed by atoms with Gasteiger partial charge in [-0.2, -0.15) is 0 Å². The van der Waals surface area contributed by atoms with Crippen molar-refractivity contribution in [3.8, 4) is 0 Å². The van der Waals surface area contributed by atoms with Gasteiger partial charge in [0.15, 0.2) is 0 Å². The van der Waals surface area contributed by atoms with Gasteiger partial charge in [-0.15, -0.1) is 0 Å². The molecule has 0 saturated heterocycles. The van der Waals surface area contributed by atoms with E-state index >= 15 is 0 Å². The van der Waals surface area contributed by atoms with Crippen LogP contribution in [0.5, 0.6) is 0 Å². The molecule has 9 heavy (non-hydrogen) atoms. The summed E-state index contributed by atoms with van der Waals surface area (Å²) in [6, 6.07) is 3.76. The van der Waals surface area contributed by atoms with E-state index in [0.29, 0.717) is 0 Å². The van der Waals surface area contributed by atoms with E-state index in [0.717, 1.165) is 0 Å². The standard InChI is InChI=1S/C6H5F2P/c7-4-2-1-3-5(8)6(4)9/h1-3H,9H2. The molecule has 0 heterocycles. The Bertz CT molecular complexity index is 202. The third-order valence-corrected chi connectivity index (χ3v) is 1.55. The summed E-state index contributed by atoms with van der Waals surface area (Å²) in [7, 11) is 1.99. The van der Waals surface area contributed by atoms with Gasteiger partial charge in [-0.05, 0) is 12.1 Å². The second kappa shape index (κ2) is 2.40. The van der Waals surface area contributed by atoms with E-state index in [1.165, 1.54) is 18.2 Å². The van der Waals surface area contributed by atoms with Crippen LogP contribution in [0.25, 0.3) is 0 Å². The van der Waals surface area contributed by atoms with Gasteiger partial charge in [0.2, 0.25) is 0 Å². The molecule has 0 aromatic heterocycles. The summed E-state index contributed by atoms with van der Waals surface area (Å²) >= 11 is 0. The smallest absolute Gasteiger partial charge is 0.133 e. The highest BCUT2D eigenvalue weighted by Crippen LogP contribution is 2.02. The first kappa shape index (κ1) is 6.63. The van der Waals surface area contributed by atoms with E-state index in [1.54, 1.807) is 0 Å². The number of hydrogen-bond acceptors (Lipinski definition) is 0. The van der Waals surface area contributed by atoms with E-state index in [4.69, 9.17) is 0 Å². The maximum Gasteiger partial charge on any atom is 0.133 e. The second-order valence-electron chi connectivity index (χ2n) is 1.64. The van der Waals surface area contributed by atoms with Gasteiger partial charge in [0.1, 0.15) is 11.6 Å². The molecule has 3 heteroatoms. The molecule has 1 aromatic carbocycles. The second-order valence-corrected chi connectivity index (χ2v) is 2.21. The van der Waals surface area contributed by atoms with Crippen LogP contribution < -0.4 is 5.30 Å². The lowest BCUT2D eigenvalue weighted by Gasteiger charge is -1.93. The predicted octanol–water partition coefficient (Wildman–Crippen LogP) is 1.47. The van der Waals surface area contributed by atoms with Gasteiger partial charge in [0.05, 0.1) is 0 Å². The number of halogens is 2. The Morgan fingerprint density at radius 2 is 1.56 bits per heavy atom. The van der Waals surface area contributed by atoms with Gasteiger partial charge in [-0.3, -0.25) is 0 Å². The highest BCUT2D eigenvalue weighted by molar-refractivity contribution is 7.27. The first-order chi connectivity index (χ1) is 4.22. The molecule has 0 N–H and O–H groups in total. The molecule has 1 aromatic rings. The van der Waals surface area contributed by atoms with Crippen molar-refractivity contribution in [2.24, 2.45) is 0 Å². The van der Waals surface area contributed by atoms with Crippen LogP contribution in [0.1, 0.15) is 0 Å². The van der Waals surface area contributed by atoms with Gasteiger partial charge < -0.3 is 0 Å². The first-order valence-electron chi connectivity index (χ1n) is 2.41. The Morgan fingerprint density at radius 1 is 1.11 bits per heavy atom. The molecule has 0 aliphatic heterocycles. The van der Waals surface area contributed by atoms with E-state index in [1.807, 2.05) is 9.24 Å². The van der Waals surface area contributed by atoms with Gasteiger partial charge in [0, 0.05) is 5.30 Å². The van der Waals surface area contributed by atoms with Crippen molar-refractivity contribution < 1.29 is 8.78 Å². The minimum atomic E-state index is -0.528. The van der Waals surface area contributed by atoms with E-state index in [-0.39, 0.29) is 5.30 Å². The maximum atomic E-state index is 12.3. The molecule has 0 amide bonds. The summed E-state index contributed by atoms with van der Waals surface area (Å²) in [5.74, 6) is -1.06. The van der Waals surface area contributed by atoms with Crippen molar-refractivity contribution in [3.63, 3.8) is 0 Å². The average Bonchev–Trinajstić information content (AvgIpc) is 1.83. The molecule has 0 aliphatic rings. The lowest BCUT2D eigenvalue weighted by molar-refractivity contribution is 0.599. The fraction of sp³-hybridized carbons (Fsp3) is 0. The Kier molecular flexibility index (Phi) is 1.77. The predicted molar refractivity (Wildman–Crippen MR) is 35.7 cm³/mol. The molecule has 0 aliphatic carbocycles. The Hall–Kier alpha value is -0.490. The van der Waals surface area contributed by atoms with Crippen molar-refractivity contribution >= 4 is 14.5 Å². The summed E-state index contributed by atoms with van der Waals surface area (Å²) in [6.45, 7) is 0. The maximum absolute atomic E-state index is 12.3. The van der Waals surface area contributed by atoms with Crippen molar-refractivity contribution in [2.75, 3.05) is 0 Å². The van der Waals surface area contributed by atoms with Crippen LogP contribution in [0, 0.1) is 11.6 Å². The topological polar surface area (TPSA) is 0 Å². The van der Waals surface area contributed by atoms with Crippen molar-refractivity contribution in [3.05, 3.63) is 29.8 Å². The first-order valence-corrected chi connectivity index (χ1v) is 2.99. The fourth-order valence-corrected chi connectivity index (χ4v) is 0.703. The van der Waals surface area contributed by atoms with Gasteiger partial charge in [-0.1, -0.05) is 15.3 Å². The molecule has 0 nitrogen and oxygen atoms in total. The lowest BCUT2D eigenvalue weighted by Crippen LogP contribution is -2.02. The van der Waals surface area contributed by atoms with E-state index < -0.39 is 11.6 Å². The van der Waals surface area contributed by atoms with Gasteiger partial charge in [0.25, 0.3) is 0 Å². The van der Waals surface area contributed by atoms with Crippen LogP contribution in [0.4, 0.5) is 8.78 Å². The zero-order valence-corrected chi connectivity index (χ0v) is 5.72. The highest BCUT2D eigenvalue weighted by Gasteiger charge is 1.99. The van der Waals surface area contributed by atoms with Gasteiger partial charge >= 0.3 is 0 Å². The van der Waals surface area contributed by atoms with E-state index in [9.17, 15) is 8.78 Å². The van der Waals surface area contributed by atoms with Crippen molar-refractivity contribution in [2.45, 2.75) is 0 Å². The molecule has 1 atom stereocenters. The number of rotatable bonds is 0. The lowest BCUT2D eigenvalue weighted by atomic mass is 10.3. The molecule has 1 unspecified atom stereocenters.